The van der Waals surface area contributed by atoms with Gasteiger partial charge >= 0.3 is 0 Å². The van der Waals surface area contributed by atoms with Crippen LogP contribution >= 0.6 is 11.8 Å². The number of rotatable bonds is 8. The summed E-state index contributed by atoms with van der Waals surface area (Å²) in [5.74, 6) is 1.08. The lowest BCUT2D eigenvalue weighted by molar-refractivity contribution is 0.0988. The zero-order chi connectivity index (χ0) is 22.8. The van der Waals surface area contributed by atoms with Gasteiger partial charge in [-0.05, 0) is 51.0 Å². The summed E-state index contributed by atoms with van der Waals surface area (Å²) < 4.78 is 7.51. The zero-order valence-corrected chi connectivity index (χ0v) is 19.2. The Morgan fingerprint density at radius 1 is 1.12 bits per heavy atom. The summed E-state index contributed by atoms with van der Waals surface area (Å²) in [6, 6.07) is 13.6. The molecule has 3 aromatic heterocycles. The number of H-pyrrole nitrogens is 1. The van der Waals surface area contributed by atoms with Crippen molar-refractivity contribution in [2.45, 2.75) is 44.6 Å². The van der Waals surface area contributed by atoms with Crippen molar-refractivity contribution < 1.29 is 14.0 Å². The van der Waals surface area contributed by atoms with E-state index < -0.39 is 5.25 Å². The molecule has 8 heteroatoms. The van der Waals surface area contributed by atoms with Crippen LogP contribution in [0.4, 0.5) is 0 Å². The van der Waals surface area contributed by atoms with E-state index in [-0.39, 0.29) is 11.6 Å². The molecule has 0 fully saturated rings. The number of furan rings is 1. The minimum absolute atomic E-state index is 0.0544. The highest BCUT2D eigenvalue weighted by atomic mass is 32.2. The van der Waals surface area contributed by atoms with Gasteiger partial charge in [-0.25, -0.2) is 0 Å². The van der Waals surface area contributed by atoms with E-state index in [4.69, 9.17) is 4.42 Å². The maximum absolute atomic E-state index is 13.2. The van der Waals surface area contributed by atoms with Crippen molar-refractivity contribution in [2.24, 2.45) is 0 Å². The van der Waals surface area contributed by atoms with Crippen LogP contribution in [0.1, 0.15) is 51.5 Å². The molecule has 0 unspecified atom stereocenters. The summed E-state index contributed by atoms with van der Waals surface area (Å²) in [5, 5.41) is 8.87. The van der Waals surface area contributed by atoms with Crippen LogP contribution in [0, 0.1) is 13.8 Å². The minimum atomic E-state index is -0.435. The lowest BCUT2D eigenvalue weighted by atomic mass is 10.0. The fourth-order valence-electron chi connectivity index (χ4n) is 3.81. The SMILES string of the molecule is CC(=O)c1c(C)[nH]c(C(=O)[C@H](C)Sc2nnc(-c3ccco3)n2Cc2ccccc2)c1C. The topological polar surface area (TPSA) is 93.8 Å². The van der Waals surface area contributed by atoms with Gasteiger partial charge in [0.15, 0.2) is 22.5 Å². The Morgan fingerprint density at radius 2 is 1.88 bits per heavy atom. The van der Waals surface area contributed by atoms with Crippen molar-refractivity contribution in [3.8, 4) is 11.6 Å². The van der Waals surface area contributed by atoms with Gasteiger partial charge in [0.1, 0.15) is 0 Å². The average molecular weight is 449 g/mol. The summed E-state index contributed by atoms with van der Waals surface area (Å²) in [7, 11) is 0. The van der Waals surface area contributed by atoms with Crippen LogP contribution in [0.25, 0.3) is 11.6 Å². The van der Waals surface area contributed by atoms with Crippen LogP contribution in [0.5, 0.6) is 0 Å². The Morgan fingerprint density at radius 3 is 2.50 bits per heavy atom. The number of carbonyl (C=O) groups excluding carboxylic acids is 2. The Hall–Kier alpha value is -3.39. The molecule has 0 radical (unpaired) electrons. The predicted molar refractivity (Wildman–Crippen MR) is 123 cm³/mol. The maximum Gasteiger partial charge on any atom is 0.200 e. The molecule has 3 heterocycles. The van der Waals surface area contributed by atoms with E-state index in [1.165, 1.54) is 18.7 Å². The molecule has 0 aliphatic heterocycles. The van der Waals surface area contributed by atoms with Gasteiger partial charge in [0.2, 0.25) is 5.82 Å². The Labute approximate surface area is 190 Å². The summed E-state index contributed by atoms with van der Waals surface area (Å²) in [6.45, 7) is 7.51. The molecule has 0 aliphatic carbocycles. The molecule has 32 heavy (non-hydrogen) atoms. The molecule has 0 aliphatic rings. The Balaban J connectivity index is 1.65. The minimum Gasteiger partial charge on any atom is -0.461 e. The van der Waals surface area contributed by atoms with Crippen molar-refractivity contribution in [1.29, 1.82) is 0 Å². The number of aromatic amines is 1. The van der Waals surface area contributed by atoms with Crippen LogP contribution in [-0.2, 0) is 6.54 Å². The van der Waals surface area contributed by atoms with Crippen LogP contribution in [0.15, 0.2) is 58.3 Å². The number of aryl methyl sites for hydroxylation is 1. The first-order valence-corrected chi connectivity index (χ1v) is 11.2. The second kappa shape index (κ2) is 9.00. The molecule has 0 amide bonds. The molecule has 4 rings (SSSR count). The third-order valence-electron chi connectivity index (χ3n) is 5.33. The van der Waals surface area contributed by atoms with Gasteiger partial charge in [0.25, 0.3) is 0 Å². The number of nitrogens with zero attached hydrogens (tertiary/aromatic N) is 3. The number of hydrogen-bond acceptors (Lipinski definition) is 6. The number of carbonyl (C=O) groups is 2. The molecule has 7 nitrogen and oxygen atoms in total. The third-order valence-corrected chi connectivity index (χ3v) is 6.41. The largest absolute Gasteiger partial charge is 0.461 e. The first-order valence-electron chi connectivity index (χ1n) is 10.3. The van der Waals surface area contributed by atoms with Gasteiger partial charge in [-0.2, -0.15) is 0 Å². The van der Waals surface area contributed by atoms with E-state index >= 15 is 0 Å². The fourth-order valence-corrected chi connectivity index (χ4v) is 4.72. The molecule has 1 aromatic carbocycles. The van der Waals surface area contributed by atoms with E-state index in [0.717, 1.165) is 5.56 Å². The normalized spacial score (nSPS) is 12.1. The molecule has 0 spiro atoms. The van der Waals surface area contributed by atoms with Gasteiger partial charge in [-0.3, -0.25) is 14.2 Å². The number of aromatic nitrogens is 4. The average Bonchev–Trinajstić information content (AvgIpc) is 3.48. The van der Waals surface area contributed by atoms with E-state index in [9.17, 15) is 9.59 Å². The van der Waals surface area contributed by atoms with Gasteiger partial charge in [-0.1, -0.05) is 42.1 Å². The van der Waals surface area contributed by atoms with Crippen LogP contribution in [0.3, 0.4) is 0 Å². The van der Waals surface area contributed by atoms with E-state index in [1.54, 1.807) is 19.3 Å². The number of thioether (sulfide) groups is 1. The van der Waals surface area contributed by atoms with Gasteiger partial charge in [-0.15, -0.1) is 10.2 Å². The lowest BCUT2D eigenvalue weighted by Crippen LogP contribution is -2.16. The monoisotopic (exact) mass is 448 g/mol. The van der Waals surface area contributed by atoms with Crippen LogP contribution in [0.2, 0.25) is 0 Å². The molecule has 0 saturated heterocycles. The predicted octanol–water partition coefficient (Wildman–Crippen LogP) is 5.10. The summed E-state index contributed by atoms with van der Waals surface area (Å²) in [4.78, 5) is 28.3. The molecular weight excluding hydrogens is 424 g/mol. The second-order valence-corrected chi connectivity index (χ2v) is 8.97. The molecule has 4 aromatic rings. The van der Waals surface area contributed by atoms with Crippen molar-refractivity contribution in [3.05, 3.63) is 76.8 Å². The molecular formula is C24H24N4O3S. The third kappa shape index (κ3) is 4.18. The van der Waals surface area contributed by atoms with Crippen LogP contribution < -0.4 is 0 Å². The Kier molecular flexibility index (Phi) is 6.14. The van der Waals surface area contributed by atoms with Crippen molar-refractivity contribution in [3.63, 3.8) is 0 Å². The summed E-state index contributed by atoms with van der Waals surface area (Å²) >= 11 is 1.34. The maximum atomic E-state index is 13.2. The Bertz CT molecular complexity index is 1260. The van der Waals surface area contributed by atoms with E-state index in [2.05, 4.69) is 15.2 Å². The van der Waals surface area contributed by atoms with Crippen molar-refractivity contribution >= 4 is 23.3 Å². The van der Waals surface area contributed by atoms with Gasteiger partial charge < -0.3 is 9.40 Å². The molecule has 0 bridgehead atoms. The number of nitrogens with one attached hydrogen (secondary N) is 1. The first kappa shape index (κ1) is 21.8. The highest BCUT2D eigenvalue weighted by Crippen LogP contribution is 2.30. The van der Waals surface area contributed by atoms with Crippen molar-refractivity contribution in [1.82, 2.24) is 19.7 Å². The highest BCUT2D eigenvalue weighted by molar-refractivity contribution is 8.00. The van der Waals surface area contributed by atoms with Gasteiger partial charge in [0.05, 0.1) is 23.8 Å². The molecule has 1 atom stereocenters. The van der Waals surface area contributed by atoms with Crippen molar-refractivity contribution in [2.75, 3.05) is 0 Å². The number of Topliss-reactive ketones (excluding diaryl/α,β-unsaturated/α-hetero) is 2. The molecule has 164 valence electrons. The van der Waals surface area contributed by atoms with E-state index in [0.29, 0.717) is 45.8 Å². The quantitative estimate of drug-likeness (QED) is 0.298. The molecule has 0 saturated carbocycles. The molecule has 1 N–H and O–H groups in total. The van der Waals surface area contributed by atoms with Crippen LogP contribution in [-0.4, -0.2) is 36.6 Å². The number of hydrogen-bond donors (Lipinski definition) is 1. The first-order chi connectivity index (χ1) is 15.4. The lowest BCUT2D eigenvalue weighted by Gasteiger charge is -2.13. The summed E-state index contributed by atoms with van der Waals surface area (Å²) in [6.07, 6.45) is 1.60. The van der Waals surface area contributed by atoms with Gasteiger partial charge in [0, 0.05) is 11.3 Å². The number of benzene rings is 1. The fraction of sp³-hybridized carbons (Fsp3) is 0.250. The standard InChI is InChI=1S/C24H24N4O3S/c1-14-20(16(3)29)15(2)25-21(14)22(30)17(4)32-24-27-26-23(19-11-8-12-31-19)28(24)13-18-9-6-5-7-10-18/h5-12,17,25H,13H2,1-4H3/t17-/m0/s1. The smallest absolute Gasteiger partial charge is 0.200 e. The second-order valence-electron chi connectivity index (χ2n) is 7.66. The zero-order valence-electron chi connectivity index (χ0n) is 18.4. The summed E-state index contributed by atoms with van der Waals surface area (Å²) in [5.41, 5.74) is 3.53. The van der Waals surface area contributed by atoms with E-state index in [1.807, 2.05) is 54.8 Å². The number of ketones is 2. The highest BCUT2D eigenvalue weighted by Gasteiger charge is 2.27.